The third-order valence-electron chi connectivity index (χ3n) is 7.32. The molecule has 220 valence electrons. The van der Waals surface area contributed by atoms with E-state index in [1.165, 1.54) is 16.2 Å². The van der Waals surface area contributed by atoms with E-state index in [0.29, 0.717) is 23.1 Å². The first-order valence-corrected chi connectivity index (χ1v) is 14.7. The van der Waals surface area contributed by atoms with Crippen LogP contribution in [0.3, 0.4) is 0 Å². The van der Waals surface area contributed by atoms with E-state index in [4.69, 9.17) is 23.9 Å². The molecule has 1 aliphatic rings. The zero-order valence-electron chi connectivity index (χ0n) is 24.4. The number of pyridine rings is 1. The number of anilines is 1. The van der Waals surface area contributed by atoms with Crippen molar-refractivity contribution in [1.29, 1.82) is 0 Å². The minimum Gasteiger partial charge on any atom is -0.480 e. The molecule has 7 rings (SSSR count). The zero-order valence-corrected chi connectivity index (χ0v) is 25.2. The van der Waals surface area contributed by atoms with Gasteiger partial charge in [-0.15, -0.1) is 11.3 Å². The van der Waals surface area contributed by atoms with E-state index in [2.05, 4.69) is 21.0 Å². The number of benzene rings is 3. The summed E-state index contributed by atoms with van der Waals surface area (Å²) in [5.41, 5.74) is 7.49. The Bertz CT molecular complexity index is 2030. The number of ether oxygens (including phenoxy) is 4. The highest BCUT2D eigenvalue weighted by molar-refractivity contribution is 7.22. The fourth-order valence-electron chi connectivity index (χ4n) is 5.08. The number of amides is 1. The molecule has 1 aliphatic heterocycles. The number of aryl methyl sites for hydroxylation is 2. The van der Waals surface area contributed by atoms with Crippen molar-refractivity contribution >= 4 is 44.4 Å². The smallest absolute Gasteiger partial charge is 0.417 e. The average Bonchev–Trinajstić information content (AvgIpc) is 3.50. The summed E-state index contributed by atoms with van der Waals surface area (Å²) < 4.78 is 24.0. The van der Waals surface area contributed by atoms with Crippen molar-refractivity contribution in [3.05, 3.63) is 84.2 Å². The van der Waals surface area contributed by atoms with Crippen LogP contribution < -0.4 is 19.1 Å². The number of hydrogen-bond acceptors (Lipinski definition) is 10. The number of methoxy groups -OCH3 is 1. The molecule has 0 N–H and O–H groups in total. The van der Waals surface area contributed by atoms with E-state index >= 15 is 0 Å². The van der Waals surface area contributed by atoms with E-state index < -0.39 is 12.4 Å². The Morgan fingerprint density at radius 1 is 1.00 bits per heavy atom. The topological polar surface area (TPSA) is 109 Å². The molecule has 0 fully saturated rings. The molecule has 10 nitrogen and oxygen atoms in total. The predicted molar refractivity (Wildman–Crippen MR) is 169 cm³/mol. The molecule has 0 saturated carbocycles. The van der Waals surface area contributed by atoms with E-state index in [1.807, 2.05) is 68.4 Å². The Morgan fingerprint density at radius 3 is 2.61 bits per heavy atom. The molecule has 44 heavy (non-hydrogen) atoms. The van der Waals surface area contributed by atoms with Crippen molar-refractivity contribution in [2.45, 2.75) is 20.1 Å². The first-order chi connectivity index (χ1) is 21.4. The van der Waals surface area contributed by atoms with E-state index in [9.17, 15) is 4.79 Å². The van der Waals surface area contributed by atoms with Gasteiger partial charge in [-0.25, -0.2) is 19.7 Å². The highest BCUT2D eigenvalue weighted by Gasteiger charge is 2.30. The molecule has 3 aromatic carbocycles. The van der Waals surface area contributed by atoms with Crippen LogP contribution in [0.15, 0.2) is 73.1 Å². The van der Waals surface area contributed by atoms with Crippen molar-refractivity contribution in [2.75, 3.05) is 25.7 Å². The summed E-state index contributed by atoms with van der Waals surface area (Å²) in [6, 6.07) is 19.4. The van der Waals surface area contributed by atoms with Crippen molar-refractivity contribution in [2.24, 2.45) is 0 Å². The summed E-state index contributed by atoms with van der Waals surface area (Å²) in [5, 5.41) is 0.787. The van der Waals surface area contributed by atoms with Gasteiger partial charge in [0.2, 0.25) is 5.88 Å². The summed E-state index contributed by atoms with van der Waals surface area (Å²) in [6.07, 6.45) is 1.73. The Morgan fingerprint density at radius 2 is 1.84 bits per heavy atom. The standard InChI is InChI=1S/C33H27N5O5S/c1-18-12-22(29-24(13-18)36-26(40-4)16-35-29)32-37-28-19(2)14-25-30(31(28)44-32)41-17-27(42-25)43-33(39)38(3)21-10-11-23(34-15-21)20-8-6-5-7-9-20/h5-16,27H,17H2,1-4H3. The molecule has 1 amide bonds. The lowest BCUT2D eigenvalue weighted by molar-refractivity contribution is -0.0718. The molecule has 0 aliphatic carbocycles. The molecule has 11 heteroatoms. The van der Waals surface area contributed by atoms with Crippen LogP contribution in [0, 0.1) is 13.8 Å². The second-order valence-corrected chi connectivity index (χ2v) is 11.4. The molecular weight excluding hydrogens is 578 g/mol. The van der Waals surface area contributed by atoms with Crippen LogP contribution in [-0.4, -0.2) is 53.1 Å². The fraction of sp³-hybridized carbons (Fsp3) is 0.182. The number of nitrogens with zero attached hydrogens (tertiary/aromatic N) is 5. The quantitative estimate of drug-likeness (QED) is 0.206. The number of fused-ring (bicyclic) bond motifs is 4. The maximum absolute atomic E-state index is 13.0. The van der Waals surface area contributed by atoms with Crippen molar-refractivity contribution < 1.29 is 23.7 Å². The number of rotatable bonds is 5. The summed E-state index contributed by atoms with van der Waals surface area (Å²) in [4.78, 5) is 33.0. The van der Waals surface area contributed by atoms with Crippen molar-refractivity contribution in [3.8, 4) is 39.2 Å². The van der Waals surface area contributed by atoms with Gasteiger partial charge in [-0.05, 0) is 55.3 Å². The van der Waals surface area contributed by atoms with Gasteiger partial charge in [-0.1, -0.05) is 30.3 Å². The second-order valence-electron chi connectivity index (χ2n) is 10.4. The SMILES string of the molecule is COc1cnc2c(-c3nc4c(C)cc5c(c4s3)OCC(OC(=O)N(C)c3ccc(-c4ccccc4)nc3)O5)cc(C)cc2n1. The second kappa shape index (κ2) is 11.1. The number of hydrogen-bond donors (Lipinski definition) is 0. The predicted octanol–water partition coefficient (Wildman–Crippen LogP) is 6.96. The maximum Gasteiger partial charge on any atom is 0.417 e. The molecule has 1 atom stereocenters. The van der Waals surface area contributed by atoms with Gasteiger partial charge in [0, 0.05) is 18.2 Å². The van der Waals surface area contributed by atoms with Gasteiger partial charge in [0.05, 0.1) is 47.4 Å². The van der Waals surface area contributed by atoms with Crippen molar-refractivity contribution in [1.82, 2.24) is 19.9 Å². The van der Waals surface area contributed by atoms with Gasteiger partial charge in [-0.3, -0.25) is 9.88 Å². The maximum atomic E-state index is 13.0. The number of aromatic nitrogens is 4. The van der Waals surface area contributed by atoms with Crippen LogP contribution in [0.1, 0.15) is 11.1 Å². The minimum atomic E-state index is -0.927. The molecule has 3 aromatic heterocycles. The molecule has 0 radical (unpaired) electrons. The van der Waals surface area contributed by atoms with Gasteiger partial charge in [0.25, 0.3) is 6.29 Å². The third kappa shape index (κ3) is 5.01. The lowest BCUT2D eigenvalue weighted by atomic mass is 10.1. The Kier molecular flexibility index (Phi) is 6.94. The van der Waals surface area contributed by atoms with Crippen LogP contribution >= 0.6 is 11.3 Å². The number of carbonyl (C=O) groups is 1. The lowest BCUT2D eigenvalue weighted by Gasteiger charge is -2.28. The third-order valence-corrected chi connectivity index (χ3v) is 8.41. The Labute approximate surface area is 256 Å². The van der Waals surface area contributed by atoms with Gasteiger partial charge >= 0.3 is 6.09 Å². The molecular formula is C33H27N5O5S. The van der Waals surface area contributed by atoms with Crippen LogP contribution in [0.5, 0.6) is 17.4 Å². The summed E-state index contributed by atoms with van der Waals surface area (Å²) in [5.74, 6) is 1.51. The average molecular weight is 606 g/mol. The molecule has 1 unspecified atom stereocenters. The Balaban J connectivity index is 1.12. The minimum absolute atomic E-state index is 0.0296. The van der Waals surface area contributed by atoms with Gasteiger partial charge < -0.3 is 18.9 Å². The van der Waals surface area contributed by atoms with Gasteiger partial charge in [-0.2, -0.15) is 0 Å². The highest BCUT2D eigenvalue weighted by atomic mass is 32.1. The highest BCUT2D eigenvalue weighted by Crippen LogP contribution is 2.46. The summed E-state index contributed by atoms with van der Waals surface area (Å²) in [6.45, 7) is 4.00. The molecule has 0 bridgehead atoms. The van der Waals surface area contributed by atoms with Crippen LogP contribution in [0.4, 0.5) is 10.5 Å². The molecule has 0 spiro atoms. The monoisotopic (exact) mass is 605 g/mol. The van der Waals surface area contributed by atoms with Crippen molar-refractivity contribution in [3.63, 3.8) is 0 Å². The normalized spacial score (nSPS) is 14.0. The largest absolute Gasteiger partial charge is 0.480 e. The zero-order chi connectivity index (χ0) is 30.4. The van der Waals surface area contributed by atoms with E-state index in [-0.39, 0.29) is 6.61 Å². The number of carbonyl (C=O) groups excluding carboxylic acids is 1. The van der Waals surface area contributed by atoms with E-state index in [0.717, 1.165) is 54.2 Å². The first-order valence-electron chi connectivity index (χ1n) is 13.9. The van der Waals surface area contributed by atoms with Gasteiger partial charge in [0.15, 0.2) is 18.1 Å². The van der Waals surface area contributed by atoms with Gasteiger partial charge in [0.1, 0.15) is 9.71 Å². The summed E-state index contributed by atoms with van der Waals surface area (Å²) in [7, 11) is 3.20. The van der Waals surface area contributed by atoms with Crippen LogP contribution in [-0.2, 0) is 4.74 Å². The lowest BCUT2D eigenvalue weighted by Crippen LogP contribution is -2.38. The molecule has 4 heterocycles. The summed E-state index contributed by atoms with van der Waals surface area (Å²) >= 11 is 1.49. The Hall–Kier alpha value is -5.29. The molecule has 6 aromatic rings. The first kappa shape index (κ1) is 27.5. The number of thiazole rings is 1. The fourth-order valence-corrected chi connectivity index (χ4v) is 6.23. The van der Waals surface area contributed by atoms with E-state index in [1.54, 1.807) is 26.6 Å². The van der Waals surface area contributed by atoms with Crippen LogP contribution in [0.2, 0.25) is 0 Å². The molecule has 0 saturated heterocycles. The van der Waals surface area contributed by atoms with Crippen LogP contribution in [0.25, 0.3) is 43.1 Å².